The molecule has 0 aliphatic rings. The molecule has 4 heteroatoms. The zero-order chi connectivity index (χ0) is 16.5. The number of rotatable bonds is 10. The Morgan fingerprint density at radius 2 is 2.04 bits per heavy atom. The van der Waals surface area contributed by atoms with E-state index in [0.29, 0.717) is 13.1 Å². The maximum atomic E-state index is 10.2. The second kappa shape index (κ2) is 9.18. The lowest BCUT2D eigenvalue weighted by Gasteiger charge is -2.24. The van der Waals surface area contributed by atoms with Gasteiger partial charge < -0.3 is 14.3 Å². The summed E-state index contributed by atoms with van der Waals surface area (Å²) in [7, 11) is 1.66. The topological polar surface area (TPSA) is 45.8 Å². The standard InChI is InChI=1S/C19H25NO3/c1-3-4-6-17(21)14-20(15-19-7-5-12-23-19)13-16-8-10-18(22-2)11-9-16/h3,5,7-12,17,21H,1,4,6,13-15H2,2H3/t17-/m1/s1. The largest absolute Gasteiger partial charge is 0.497 e. The number of allylic oxidation sites excluding steroid dienone is 1. The van der Waals surface area contributed by atoms with Crippen LogP contribution in [-0.2, 0) is 13.1 Å². The summed E-state index contributed by atoms with van der Waals surface area (Å²) in [5.41, 5.74) is 1.17. The van der Waals surface area contributed by atoms with Crippen LogP contribution in [0.3, 0.4) is 0 Å². The number of furan rings is 1. The Balaban J connectivity index is 2.00. The summed E-state index contributed by atoms with van der Waals surface area (Å²) in [6.07, 6.45) is 4.68. The van der Waals surface area contributed by atoms with E-state index in [1.807, 2.05) is 42.5 Å². The molecule has 23 heavy (non-hydrogen) atoms. The van der Waals surface area contributed by atoms with Crippen molar-refractivity contribution in [1.82, 2.24) is 4.90 Å². The predicted molar refractivity (Wildman–Crippen MR) is 91.3 cm³/mol. The Hall–Kier alpha value is -2.04. The fraction of sp³-hybridized carbons (Fsp3) is 0.368. The highest BCUT2D eigenvalue weighted by molar-refractivity contribution is 5.27. The molecule has 0 saturated carbocycles. The lowest BCUT2D eigenvalue weighted by molar-refractivity contribution is 0.0945. The van der Waals surface area contributed by atoms with E-state index in [1.54, 1.807) is 13.4 Å². The molecule has 1 N–H and O–H groups in total. The van der Waals surface area contributed by atoms with Crippen molar-refractivity contribution in [2.45, 2.75) is 32.0 Å². The molecule has 1 heterocycles. The fourth-order valence-corrected chi connectivity index (χ4v) is 2.50. The maximum Gasteiger partial charge on any atom is 0.118 e. The second-order valence-electron chi connectivity index (χ2n) is 5.62. The van der Waals surface area contributed by atoms with E-state index >= 15 is 0 Å². The van der Waals surface area contributed by atoms with Crippen molar-refractivity contribution < 1.29 is 14.3 Å². The quantitative estimate of drug-likeness (QED) is 0.680. The smallest absolute Gasteiger partial charge is 0.118 e. The van der Waals surface area contributed by atoms with Gasteiger partial charge in [0.05, 0.1) is 26.0 Å². The Kier molecular flexibility index (Phi) is 6.91. The highest BCUT2D eigenvalue weighted by atomic mass is 16.5. The van der Waals surface area contributed by atoms with Crippen molar-refractivity contribution in [3.8, 4) is 5.75 Å². The van der Waals surface area contributed by atoms with E-state index in [4.69, 9.17) is 9.15 Å². The highest BCUT2D eigenvalue weighted by Gasteiger charge is 2.14. The van der Waals surface area contributed by atoms with Crippen LogP contribution >= 0.6 is 0 Å². The summed E-state index contributed by atoms with van der Waals surface area (Å²) in [4.78, 5) is 2.19. The van der Waals surface area contributed by atoms with Gasteiger partial charge in [-0.1, -0.05) is 18.2 Å². The molecule has 2 rings (SSSR count). The van der Waals surface area contributed by atoms with Crippen molar-refractivity contribution >= 4 is 0 Å². The first-order chi connectivity index (χ1) is 11.2. The van der Waals surface area contributed by atoms with Crippen molar-refractivity contribution in [2.24, 2.45) is 0 Å². The summed E-state index contributed by atoms with van der Waals surface area (Å²) in [6, 6.07) is 11.8. The predicted octanol–water partition coefficient (Wildman–Crippen LogP) is 3.62. The Morgan fingerprint density at radius 3 is 2.65 bits per heavy atom. The third-order valence-corrected chi connectivity index (χ3v) is 3.70. The van der Waals surface area contributed by atoms with Gasteiger partial charge in [-0.05, 0) is 42.7 Å². The summed E-state index contributed by atoms with van der Waals surface area (Å²) in [6.45, 7) is 5.72. The first-order valence-corrected chi connectivity index (χ1v) is 7.88. The molecule has 0 aliphatic heterocycles. The third kappa shape index (κ3) is 5.93. The minimum absolute atomic E-state index is 0.374. The van der Waals surface area contributed by atoms with Gasteiger partial charge in [-0.25, -0.2) is 0 Å². The average Bonchev–Trinajstić information content (AvgIpc) is 3.06. The van der Waals surface area contributed by atoms with Crippen molar-refractivity contribution in [3.63, 3.8) is 0 Å². The van der Waals surface area contributed by atoms with Gasteiger partial charge in [0.25, 0.3) is 0 Å². The van der Waals surface area contributed by atoms with E-state index in [0.717, 1.165) is 30.9 Å². The Bertz CT molecular complexity index is 563. The van der Waals surface area contributed by atoms with Crippen LogP contribution in [-0.4, -0.2) is 29.8 Å². The van der Waals surface area contributed by atoms with Gasteiger partial charge in [0, 0.05) is 13.1 Å². The molecular weight excluding hydrogens is 290 g/mol. The van der Waals surface area contributed by atoms with E-state index in [2.05, 4.69) is 11.5 Å². The molecule has 0 bridgehead atoms. The first-order valence-electron chi connectivity index (χ1n) is 7.88. The fourth-order valence-electron chi connectivity index (χ4n) is 2.50. The molecule has 0 aliphatic carbocycles. The summed E-state index contributed by atoms with van der Waals surface area (Å²) in [5, 5.41) is 10.2. The number of hydrogen-bond donors (Lipinski definition) is 1. The number of methoxy groups -OCH3 is 1. The molecule has 0 spiro atoms. The molecule has 124 valence electrons. The molecule has 0 amide bonds. The lowest BCUT2D eigenvalue weighted by Crippen LogP contribution is -2.31. The Labute approximate surface area is 138 Å². The van der Waals surface area contributed by atoms with Crippen molar-refractivity contribution in [2.75, 3.05) is 13.7 Å². The molecule has 0 radical (unpaired) electrons. The monoisotopic (exact) mass is 315 g/mol. The van der Waals surface area contributed by atoms with Gasteiger partial charge in [-0.3, -0.25) is 4.90 Å². The number of hydrogen-bond acceptors (Lipinski definition) is 4. The van der Waals surface area contributed by atoms with Gasteiger partial charge in [0.1, 0.15) is 11.5 Å². The third-order valence-electron chi connectivity index (χ3n) is 3.70. The molecular formula is C19H25NO3. The molecule has 0 unspecified atom stereocenters. The SMILES string of the molecule is C=CCC[C@@H](O)CN(Cc1ccc(OC)cc1)Cc1ccco1. The zero-order valence-corrected chi connectivity index (χ0v) is 13.6. The molecule has 1 aromatic heterocycles. The molecule has 0 saturated heterocycles. The van der Waals surface area contributed by atoms with Crippen LogP contribution in [0.2, 0.25) is 0 Å². The highest BCUT2D eigenvalue weighted by Crippen LogP contribution is 2.16. The number of aliphatic hydroxyl groups excluding tert-OH is 1. The number of nitrogens with zero attached hydrogens (tertiary/aromatic N) is 1. The summed E-state index contributed by atoms with van der Waals surface area (Å²) >= 11 is 0. The summed E-state index contributed by atoms with van der Waals surface area (Å²) < 4.78 is 10.6. The molecule has 1 aromatic carbocycles. The van der Waals surface area contributed by atoms with Crippen molar-refractivity contribution in [3.05, 3.63) is 66.6 Å². The average molecular weight is 315 g/mol. The van der Waals surface area contributed by atoms with Crippen LogP contribution < -0.4 is 4.74 Å². The normalized spacial score (nSPS) is 12.3. The second-order valence-corrected chi connectivity index (χ2v) is 5.62. The molecule has 2 aromatic rings. The van der Waals surface area contributed by atoms with E-state index in [1.165, 1.54) is 5.56 Å². The van der Waals surface area contributed by atoms with Gasteiger partial charge in [0.2, 0.25) is 0 Å². The van der Waals surface area contributed by atoms with Gasteiger partial charge in [-0.15, -0.1) is 6.58 Å². The zero-order valence-electron chi connectivity index (χ0n) is 13.6. The van der Waals surface area contributed by atoms with Gasteiger partial charge in [-0.2, -0.15) is 0 Å². The van der Waals surface area contributed by atoms with Crippen LogP contribution in [0.25, 0.3) is 0 Å². The Morgan fingerprint density at radius 1 is 1.26 bits per heavy atom. The van der Waals surface area contributed by atoms with Crippen LogP contribution in [0.4, 0.5) is 0 Å². The minimum atomic E-state index is -0.374. The van der Waals surface area contributed by atoms with Gasteiger partial charge in [0.15, 0.2) is 0 Å². The van der Waals surface area contributed by atoms with E-state index in [-0.39, 0.29) is 6.10 Å². The number of benzene rings is 1. The maximum absolute atomic E-state index is 10.2. The number of ether oxygens (including phenoxy) is 1. The number of aliphatic hydroxyl groups is 1. The van der Waals surface area contributed by atoms with Crippen molar-refractivity contribution in [1.29, 1.82) is 0 Å². The minimum Gasteiger partial charge on any atom is -0.497 e. The van der Waals surface area contributed by atoms with E-state index < -0.39 is 0 Å². The molecule has 0 fully saturated rings. The van der Waals surface area contributed by atoms with Crippen LogP contribution in [0, 0.1) is 0 Å². The lowest BCUT2D eigenvalue weighted by atomic mass is 10.1. The first kappa shape index (κ1) is 17.3. The molecule has 4 nitrogen and oxygen atoms in total. The summed E-state index contributed by atoms with van der Waals surface area (Å²) in [5.74, 6) is 1.74. The van der Waals surface area contributed by atoms with Crippen LogP contribution in [0.1, 0.15) is 24.2 Å². The molecule has 1 atom stereocenters. The van der Waals surface area contributed by atoms with Crippen LogP contribution in [0.15, 0.2) is 59.7 Å². The van der Waals surface area contributed by atoms with Crippen LogP contribution in [0.5, 0.6) is 5.75 Å². The van der Waals surface area contributed by atoms with E-state index in [9.17, 15) is 5.11 Å². The van der Waals surface area contributed by atoms with Gasteiger partial charge >= 0.3 is 0 Å².